The van der Waals surface area contributed by atoms with Crippen LogP contribution in [0.1, 0.15) is 54.4 Å². The summed E-state index contributed by atoms with van der Waals surface area (Å²) in [6.45, 7) is 17.1. The average molecular weight is 228 g/mol. The highest BCUT2D eigenvalue weighted by Crippen LogP contribution is 2.16. The highest BCUT2D eigenvalue weighted by Gasteiger charge is 2.22. The summed E-state index contributed by atoms with van der Waals surface area (Å²) in [5, 5.41) is 3.60. The lowest BCUT2D eigenvalue weighted by Crippen LogP contribution is -2.45. The first-order chi connectivity index (χ1) is 7.16. The van der Waals surface area contributed by atoms with E-state index in [1.165, 1.54) is 19.4 Å². The summed E-state index contributed by atoms with van der Waals surface area (Å²) in [6, 6.07) is 0. The van der Waals surface area contributed by atoms with E-state index in [1.807, 2.05) is 0 Å². The van der Waals surface area contributed by atoms with Gasteiger partial charge in [0.25, 0.3) is 0 Å². The molecule has 0 fully saturated rings. The van der Waals surface area contributed by atoms with E-state index in [-0.39, 0.29) is 5.54 Å². The number of hydrogen-bond donors (Lipinski definition) is 1. The predicted molar refractivity (Wildman–Crippen MR) is 73.9 cm³/mol. The molecule has 0 aromatic heterocycles. The minimum atomic E-state index is 0.221. The molecule has 0 aliphatic carbocycles. The number of nitrogens with one attached hydrogen (secondary N) is 1. The summed E-state index contributed by atoms with van der Waals surface area (Å²) < 4.78 is 0. The fourth-order valence-corrected chi connectivity index (χ4v) is 1.80. The summed E-state index contributed by atoms with van der Waals surface area (Å²) >= 11 is 0. The molecule has 2 nitrogen and oxygen atoms in total. The predicted octanol–water partition coefficient (Wildman–Crippen LogP) is 3.13. The molecule has 0 aliphatic heterocycles. The zero-order chi connectivity index (χ0) is 12.8. The van der Waals surface area contributed by atoms with Crippen LogP contribution in [0.2, 0.25) is 0 Å². The molecule has 0 rings (SSSR count). The van der Waals surface area contributed by atoms with E-state index >= 15 is 0 Å². The monoisotopic (exact) mass is 228 g/mol. The Kier molecular flexibility index (Phi) is 6.57. The zero-order valence-electron chi connectivity index (χ0n) is 12.5. The molecule has 2 heteroatoms. The third-order valence-electron chi connectivity index (χ3n) is 2.69. The fourth-order valence-electron chi connectivity index (χ4n) is 1.80. The molecule has 0 amide bonds. The summed E-state index contributed by atoms with van der Waals surface area (Å²) in [7, 11) is 2.23. The van der Waals surface area contributed by atoms with E-state index in [1.54, 1.807) is 0 Å². The Morgan fingerprint density at radius 2 is 1.62 bits per heavy atom. The van der Waals surface area contributed by atoms with Crippen molar-refractivity contribution in [2.24, 2.45) is 5.41 Å². The minimum absolute atomic E-state index is 0.221. The van der Waals surface area contributed by atoms with Crippen molar-refractivity contribution in [2.75, 3.05) is 26.7 Å². The lowest BCUT2D eigenvalue weighted by atomic mass is 9.91. The molecule has 1 N–H and O–H groups in total. The normalized spacial score (nSPS) is 13.5. The summed E-state index contributed by atoms with van der Waals surface area (Å²) in [5.74, 6) is 0. The highest BCUT2D eigenvalue weighted by atomic mass is 15.1. The molecule has 0 spiro atoms. The Morgan fingerprint density at radius 3 is 2.06 bits per heavy atom. The molecule has 0 saturated carbocycles. The van der Waals surface area contributed by atoms with E-state index < -0.39 is 0 Å². The molecule has 98 valence electrons. The van der Waals surface area contributed by atoms with Crippen molar-refractivity contribution in [3.8, 4) is 0 Å². The lowest BCUT2D eigenvalue weighted by Gasteiger charge is -2.33. The molecule has 0 aromatic carbocycles. The van der Waals surface area contributed by atoms with E-state index in [2.05, 4.69) is 58.8 Å². The van der Waals surface area contributed by atoms with Crippen LogP contribution in [0.3, 0.4) is 0 Å². The summed E-state index contributed by atoms with van der Waals surface area (Å²) in [5.41, 5.74) is 0.565. The van der Waals surface area contributed by atoms with Gasteiger partial charge in [0.1, 0.15) is 0 Å². The van der Waals surface area contributed by atoms with E-state index in [0.717, 1.165) is 13.1 Å². The maximum atomic E-state index is 3.60. The van der Waals surface area contributed by atoms with Crippen molar-refractivity contribution in [3.63, 3.8) is 0 Å². The van der Waals surface area contributed by atoms with Gasteiger partial charge >= 0.3 is 0 Å². The number of hydrogen-bond acceptors (Lipinski definition) is 2. The van der Waals surface area contributed by atoms with Crippen molar-refractivity contribution in [1.29, 1.82) is 0 Å². The molecule has 0 unspecified atom stereocenters. The molecule has 0 saturated heterocycles. The topological polar surface area (TPSA) is 15.3 Å². The molecule has 0 atom stereocenters. The SMILES string of the molecule is CCCCN(C)CC(C)(C)CNC(C)(C)C. The van der Waals surface area contributed by atoms with Gasteiger partial charge in [0.05, 0.1) is 0 Å². The zero-order valence-corrected chi connectivity index (χ0v) is 12.5. The van der Waals surface area contributed by atoms with Gasteiger partial charge in [-0.3, -0.25) is 0 Å². The average Bonchev–Trinajstić information content (AvgIpc) is 2.10. The van der Waals surface area contributed by atoms with Gasteiger partial charge in [-0.15, -0.1) is 0 Å². The van der Waals surface area contributed by atoms with Crippen molar-refractivity contribution in [1.82, 2.24) is 10.2 Å². The van der Waals surface area contributed by atoms with Gasteiger partial charge in [-0.1, -0.05) is 27.2 Å². The summed E-state index contributed by atoms with van der Waals surface area (Å²) in [4.78, 5) is 2.45. The number of unbranched alkanes of at least 4 members (excludes halogenated alkanes) is 1. The van der Waals surface area contributed by atoms with Crippen LogP contribution < -0.4 is 5.32 Å². The van der Waals surface area contributed by atoms with Crippen LogP contribution in [-0.4, -0.2) is 37.1 Å². The van der Waals surface area contributed by atoms with Crippen LogP contribution in [0.25, 0.3) is 0 Å². The van der Waals surface area contributed by atoms with Crippen LogP contribution >= 0.6 is 0 Å². The molecular weight excluding hydrogens is 196 g/mol. The Balaban J connectivity index is 3.93. The van der Waals surface area contributed by atoms with Crippen LogP contribution in [0, 0.1) is 5.41 Å². The standard InChI is InChI=1S/C14H32N2/c1-8-9-10-16(7)12-14(5,6)11-15-13(2,3)4/h15H,8-12H2,1-7H3. The van der Waals surface area contributed by atoms with Gasteiger partial charge in [-0.25, -0.2) is 0 Å². The second-order valence-corrected chi connectivity index (χ2v) is 6.86. The largest absolute Gasteiger partial charge is 0.311 e. The molecule has 0 aliphatic rings. The lowest BCUT2D eigenvalue weighted by molar-refractivity contribution is 0.190. The quantitative estimate of drug-likeness (QED) is 0.720. The van der Waals surface area contributed by atoms with Crippen LogP contribution in [-0.2, 0) is 0 Å². The maximum absolute atomic E-state index is 3.60. The summed E-state index contributed by atoms with van der Waals surface area (Å²) in [6.07, 6.45) is 2.59. The van der Waals surface area contributed by atoms with Gasteiger partial charge < -0.3 is 10.2 Å². The first-order valence-electron chi connectivity index (χ1n) is 6.60. The van der Waals surface area contributed by atoms with Crippen LogP contribution in [0.5, 0.6) is 0 Å². The third kappa shape index (κ3) is 9.17. The Labute approximate surface area is 103 Å². The number of nitrogens with zero attached hydrogens (tertiary/aromatic N) is 1. The molecular formula is C14H32N2. The maximum Gasteiger partial charge on any atom is 0.00967 e. The fraction of sp³-hybridized carbons (Fsp3) is 1.00. The Bertz CT molecular complexity index is 180. The molecule has 0 aromatic rings. The van der Waals surface area contributed by atoms with Crippen molar-refractivity contribution < 1.29 is 0 Å². The van der Waals surface area contributed by atoms with Gasteiger partial charge in [-0.05, 0) is 46.2 Å². The molecule has 0 radical (unpaired) electrons. The van der Waals surface area contributed by atoms with Crippen LogP contribution in [0.4, 0.5) is 0 Å². The number of rotatable bonds is 7. The Morgan fingerprint density at radius 1 is 1.06 bits per heavy atom. The smallest absolute Gasteiger partial charge is 0.00967 e. The second-order valence-electron chi connectivity index (χ2n) is 6.86. The molecule has 0 bridgehead atoms. The van der Waals surface area contributed by atoms with E-state index in [9.17, 15) is 0 Å². The van der Waals surface area contributed by atoms with Gasteiger partial charge in [0.15, 0.2) is 0 Å². The molecule has 16 heavy (non-hydrogen) atoms. The Hall–Kier alpha value is -0.0800. The minimum Gasteiger partial charge on any atom is -0.311 e. The second kappa shape index (κ2) is 6.61. The van der Waals surface area contributed by atoms with Crippen molar-refractivity contribution in [3.05, 3.63) is 0 Å². The van der Waals surface area contributed by atoms with Crippen molar-refractivity contribution in [2.45, 2.75) is 59.9 Å². The van der Waals surface area contributed by atoms with Gasteiger partial charge in [0.2, 0.25) is 0 Å². The van der Waals surface area contributed by atoms with Gasteiger partial charge in [0, 0.05) is 18.6 Å². The highest BCUT2D eigenvalue weighted by molar-refractivity contribution is 4.80. The van der Waals surface area contributed by atoms with Gasteiger partial charge in [-0.2, -0.15) is 0 Å². The first kappa shape index (κ1) is 15.9. The van der Waals surface area contributed by atoms with Crippen molar-refractivity contribution >= 4 is 0 Å². The van der Waals surface area contributed by atoms with Crippen LogP contribution in [0.15, 0.2) is 0 Å². The van der Waals surface area contributed by atoms with E-state index in [0.29, 0.717) is 5.41 Å². The first-order valence-corrected chi connectivity index (χ1v) is 6.60. The third-order valence-corrected chi connectivity index (χ3v) is 2.69. The van der Waals surface area contributed by atoms with E-state index in [4.69, 9.17) is 0 Å². The molecule has 0 heterocycles.